The van der Waals surface area contributed by atoms with Gasteiger partial charge in [-0.1, -0.05) is 0 Å². The standard InChI is InChI=1S/C17H18FN3OS/c1-3-20(4-2)16(22)9-14-11-23-17-19-15(10-21(14)17)12-5-7-13(18)8-6-12/h5-8,10-11H,3-4,9H2,1-2H3. The van der Waals surface area contributed by atoms with Gasteiger partial charge in [-0.3, -0.25) is 9.20 Å². The third-order valence-electron chi connectivity index (χ3n) is 3.87. The average Bonchev–Trinajstić information content (AvgIpc) is 3.11. The van der Waals surface area contributed by atoms with Crippen LogP contribution in [-0.2, 0) is 11.2 Å². The lowest BCUT2D eigenvalue weighted by molar-refractivity contribution is -0.130. The van der Waals surface area contributed by atoms with Gasteiger partial charge in [-0.25, -0.2) is 9.37 Å². The zero-order chi connectivity index (χ0) is 16.4. The maximum Gasteiger partial charge on any atom is 0.228 e. The minimum absolute atomic E-state index is 0.117. The van der Waals surface area contributed by atoms with Crippen molar-refractivity contribution >= 4 is 22.2 Å². The van der Waals surface area contributed by atoms with Crippen LogP contribution in [0.3, 0.4) is 0 Å². The summed E-state index contributed by atoms with van der Waals surface area (Å²) in [5.41, 5.74) is 2.58. The summed E-state index contributed by atoms with van der Waals surface area (Å²) in [7, 11) is 0. The number of carbonyl (C=O) groups is 1. The number of likely N-dealkylation sites (N-methyl/N-ethyl adjacent to an activating group) is 1. The minimum Gasteiger partial charge on any atom is -0.343 e. The Morgan fingerprint density at radius 1 is 1.26 bits per heavy atom. The Bertz CT molecular complexity index is 818. The fraction of sp³-hybridized carbons (Fsp3) is 0.294. The predicted molar refractivity (Wildman–Crippen MR) is 90.1 cm³/mol. The molecule has 0 fully saturated rings. The highest BCUT2D eigenvalue weighted by Crippen LogP contribution is 2.24. The molecule has 1 aromatic carbocycles. The van der Waals surface area contributed by atoms with Gasteiger partial charge in [0, 0.05) is 35.9 Å². The van der Waals surface area contributed by atoms with Crippen molar-refractivity contribution in [2.75, 3.05) is 13.1 Å². The maximum absolute atomic E-state index is 13.0. The molecule has 0 spiro atoms. The van der Waals surface area contributed by atoms with Crippen molar-refractivity contribution in [3.8, 4) is 11.3 Å². The molecule has 0 aliphatic heterocycles. The molecule has 6 heteroatoms. The summed E-state index contributed by atoms with van der Waals surface area (Å²) in [6, 6.07) is 6.27. The molecule has 0 saturated heterocycles. The number of halogens is 1. The van der Waals surface area contributed by atoms with E-state index in [2.05, 4.69) is 4.98 Å². The smallest absolute Gasteiger partial charge is 0.228 e. The molecule has 4 nitrogen and oxygen atoms in total. The summed E-state index contributed by atoms with van der Waals surface area (Å²) in [5.74, 6) is -0.146. The van der Waals surface area contributed by atoms with E-state index >= 15 is 0 Å². The molecule has 120 valence electrons. The van der Waals surface area contributed by atoms with Crippen LogP contribution in [0, 0.1) is 5.82 Å². The summed E-state index contributed by atoms with van der Waals surface area (Å²) in [6.07, 6.45) is 2.27. The summed E-state index contributed by atoms with van der Waals surface area (Å²) in [6.45, 7) is 5.39. The van der Waals surface area contributed by atoms with E-state index in [4.69, 9.17) is 0 Å². The van der Waals surface area contributed by atoms with Crippen LogP contribution >= 0.6 is 11.3 Å². The number of benzene rings is 1. The van der Waals surface area contributed by atoms with Crippen molar-refractivity contribution in [2.24, 2.45) is 0 Å². The van der Waals surface area contributed by atoms with Gasteiger partial charge in [0.2, 0.25) is 5.91 Å². The first-order valence-corrected chi connectivity index (χ1v) is 8.49. The van der Waals surface area contributed by atoms with Gasteiger partial charge in [0.05, 0.1) is 12.1 Å². The lowest BCUT2D eigenvalue weighted by Gasteiger charge is -2.18. The van der Waals surface area contributed by atoms with Crippen LogP contribution < -0.4 is 0 Å². The van der Waals surface area contributed by atoms with E-state index in [0.717, 1.165) is 21.9 Å². The molecule has 23 heavy (non-hydrogen) atoms. The molecule has 0 N–H and O–H groups in total. The van der Waals surface area contributed by atoms with Crippen LogP contribution in [0.25, 0.3) is 16.2 Å². The Labute approximate surface area is 138 Å². The Kier molecular flexibility index (Phi) is 4.43. The van der Waals surface area contributed by atoms with Crippen LogP contribution in [0.1, 0.15) is 19.5 Å². The van der Waals surface area contributed by atoms with E-state index in [1.165, 1.54) is 23.5 Å². The molecule has 3 rings (SSSR count). The Morgan fingerprint density at radius 2 is 1.96 bits per heavy atom. The first-order chi connectivity index (χ1) is 11.1. The number of fused-ring (bicyclic) bond motifs is 1. The Balaban J connectivity index is 1.89. The number of hydrogen-bond donors (Lipinski definition) is 0. The number of aromatic nitrogens is 2. The molecule has 3 aromatic rings. The average molecular weight is 331 g/mol. The van der Waals surface area contributed by atoms with Crippen molar-refractivity contribution in [1.82, 2.24) is 14.3 Å². The Morgan fingerprint density at radius 3 is 2.61 bits per heavy atom. The van der Waals surface area contributed by atoms with E-state index in [1.807, 2.05) is 34.7 Å². The lowest BCUT2D eigenvalue weighted by Crippen LogP contribution is -2.32. The normalized spacial score (nSPS) is 11.1. The third-order valence-corrected chi connectivity index (χ3v) is 4.76. The minimum atomic E-state index is -0.264. The number of nitrogens with zero attached hydrogens (tertiary/aromatic N) is 3. The zero-order valence-electron chi connectivity index (χ0n) is 13.1. The molecule has 0 atom stereocenters. The van der Waals surface area contributed by atoms with Crippen molar-refractivity contribution in [1.29, 1.82) is 0 Å². The molecular formula is C17H18FN3OS. The molecule has 0 radical (unpaired) electrons. The summed E-state index contributed by atoms with van der Waals surface area (Å²) < 4.78 is 15.0. The van der Waals surface area contributed by atoms with E-state index in [0.29, 0.717) is 19.5 Å². The van der Waals surface area contributed by atoms with Gasteiger partial charge in [0.1, 0.15) is 5.82 Å². The van der Waals surface area contributed by atoms with Crippen molar-refractivity contribution in [3.63, 3.8) is 0 Å². The largest absolute Gasteiger partial charge is 0.343 e. The first kappa shape index (κ1) is 15.7. The molecule has 2 aromatic heterocycles. The number of amides is 1. The van der Waals surface area contributed by atoms with Gasteiger partial charge in [-0.15, -0.1) is 11.3 Å². The van der Waals surface area contributed by atoms with Crippen LogP contribution in [0.5, 0.6) is 0 Å². The molecule has 0 aliphatic rings. The van der Waals surface area contributed by atoms with E-state index < -0.39 is 0 Å². The molecule has 1 amide bonds. The maximum atomic E-state index is 13.0. The van der Waals surface area contributed by atoms with Crippen molar-refractivity contribution < 1.29 is 9.18 Å². The van der Waals surface area contributed by atoms with Crippen LogP contribution in [-0.4, -0.2) is 33.3 Å². The SMILES string of the molecule is CCN(CC)C(=O)Cc1csc2nc(-c3ccc(F)cc3)cn12. The van der Waals surface area contributed by atoms with Gasteiger partial charge >= 0.3 is 0 Å². The molecule has 0 saturated carbocycles. The number of carbonyl (C=O) groups excluding carboxylic acids is 1. The second-order valence-corrected chi connectivity index (χ2v) is 6.09. The highest BCUT2D eigenvalue weighted by atomic mass is 32.1. The molecule has 2 heterocycles. The lowest BCUT2D eigenvalue weighted by atomic mass is 10.2. The topological polar surface area (TPSA) is 37.6 Å². The summed E-state index contributed by atoms with van der Waals surface area (Å²) in [4.78, 5) is 19.5. The van der Waals surface area contributed by atoms with Gasteiger partial charge in [0.25, 0.3) is 0 Å². The van der Waals surface area contributed by atoms with Crippen LogP contribution in [0.15, 0.2) is 35.8 Å². The monoisotopic (exact) mass is 331 g/mol. The Hall–Kier alpha value is -2.21. The molecule has 0 aliphatic carbocycles. The van der Waals surface area contributed by atoms with Gasteiger partial charge in [-0.05, 0) is 38.1 Å². The van der Waals surface area contributed by atoms with E-state index in [1.54, 1.807) is 12.1 Å². The second-order valence-electron chi connectivity index (χ2n) is 5.26. The molecule has 0 bridgehead atoms. The molecule has 0 unspecified atom stereocenters. The summed E-state index contributed by atoms with van der Waals surface area (Å²) >= 11 is 1.51. The fourth-order valence-corrected chi connectivity index (χ4v) is 3.43. The van der Waals surface area contributed by atoms with Crippen LogP contribution in [0.2, 0.25) is 0 Å². The highest BCUT2D eigenvalue weighted by Gasteiger charge is 2.15. The third kappa shape index (κ3) is 3.12. The quantitative estimate of drug-likeness (QED) is 0.716. The van der Waals surface area contributed by atoms with Gasteiger partial charge in [0.15, 0.2) is 4.96 Å². The van der Waals surface area contributed by atoms with Crippen LogP contribution in [0.4, 0.5) is 4.39 Å². The fourth-order valence-electron chi connectivity index (χ4n) is 2.56. The van der Waals surface area contributed by atoms with E-state index in [-0.39, 0.29) is 11.7 Å². The van der Waals surface area contributed by atoms with Crippen molar-refractivity contribution in [3.05, 3.63) is 47.4 Å². The summed E-state index contributed by atoms with van der Waals surface area (Å²) in [5, 5.41) is 1.97. The molecular weight excluding hydrogens is 313 g/mol. The van der Waals surface area contributed by atoms with Gasteiger partial charge in [-0.2, -0.15) is 0 Å². The first-order valence-electron chi connectivity index (χ1n) is 7.61. The zero-order valence-corrected chi connectivity index (χ0v) is 13.9. The van der Waals surface area contributed by atoms with Crippen molar-refractivity contribution in [2.45, 2.75) is 20.3 Å². The number of thiazole rings is 1. The number of hydrogen-bond acceptors (Lipinski definition) is 3. The highest BCUT2D eigenvalue weighted by molar-refractivity contribution is 7.15. The second kappa shape index (κ2) is 6.50. The number of rotatable bonds is 5. The number of imidazole rings is 1. The van der Waals surface area contributed by atoms with E-state index in [9.17, 15) is 9.18 Å². The van der Waals surface area contributed by atoms with Gasteiger partial charge < -0.3 is 4.90 Å². The predicted octanol–water partition coefficient (Wildman–Crippen LogP) is 3.61.